The summed E-state index contributed by atoms with van der Waals surface area (Å²) < 4.78 is 0. The number of benzene rings is 2. The average Bonchev–Trinajstić information content (AvgIpc) is 2.60. The highest BCUT2D eigenvalue weighted by molar-refractivity contribution is 9.09. The van der Waals surface area contributed by atoms with E-state index in [0.717, 1.165) is 33.5 Å². The molecule has 0 radical (unpaired) electrons. The SMILES string of the molecule is Clc1ccc(CC(/C=C/CBr)=C(\CBr)Cc2ccc(Cl)cc2)cc1. The fourth-order valence-corrected chi connectivity index (χ4v) is 3.40. The monoisotopic (exact) mass is 486 g/mol. The van der Waals surface area contributed by atoms with Crippen molar-refractivity contribution in [1.82, 2.24) is 0 Å². The lowest BCUT2D eigenvalue weighted by molar-refractivity contribution is 1.07. The molecule has 0 aliphatic rings. The van der Waals surface area contributed by atoms with Crippen molar-refractivity contribution in [3.63, 3.8) is 0 Å². The van der Waals surface area contributed by atoms with E-state index in [2.05, 4.69) is 68.3 Å². The Morgan fingerprint density at radius 2 is 1.29 bits per heavy atom. The van der Waals surface area contributed by atoms with E-state index in [4.69, 9.17) is 23.2 Å². The highest BCUT2D eigenvalue weighted by Gasteiger charge is 2.07. The second-order valence-electron chi connectivity index (χ2n) is 5.43. The van der Waals surface area contributed by atoms with E-state index >= 15 is 0 Å². The van der Waals surface area contributed by atoms with Gasteiger partial charge in [-0.2, -0.15) is 0 Å². The molecule has 24 heavy (non-hydrogen) atoms. The summed E-state index contributed by atoms with van der Waals surface area (Å²) in [4.78, 5) is 0. The first kappa shape index (κ1) is 19.8. The third-order valence-corrected chi connectivity index (χ3v) is 5.22. The topological polar surface area (TPSA) is 0 Å². The molecule has 0 saturated heterocycles. The zero-order valence-corrected chi connectivity index (χ0v) is 17.8. The van der Waals surface area contributed by atoms with Gasteiger partial charge in [0.15, 0.2) is 0 Å². The average molecular weight is 489 g/mol. The highest BCUT2D eigenvalue weighted by atomic mass is 79.9. The molecule has 0 atom stereocenters. The van der Waals surface area contributed by atoms with Crippen LogP contribution in [0, 0.1) is 0 Å². The first-order valence-corrected chi connectivity index (χ1v) is 10.6. The Hall–Kier alpha value is -0.540. The van der Waals surface area contributed by atoms with E-state index in [-0.39, 0.29) is 0 Å². The van der Waals surface area contributed by atoms with Crippen LogP contribution in [0.3, 0.4) is 0 Å². The Labute approximate surface area is 170 Å². The number of alkyl halides is 2. The summed E-state index contributed by atoms with van der Waals surface area (Å²) >= 11 is 19.1. The largest absolute Gasteiger partial charge is 0.0883 e. The van der Waals surface area contributed by atoms with Crippen molar-refractivity contribution in [2.75, 3.05) is 10.7 Å². The van der Waals surface area contributed by atoms with E-state index in [1.54, 1.807) is 0 Å². The molecule has 0 aromatic heterocycles. The molecule has 4 heteroatoms. The maximum atomic E-state index is 5.99. The molecule has 0 saturated carbocycles. The summed E-state index contributed by atoms with van der Waals surface area (Å²) in [5.74, 6) is 0. The smallest absolute Gasteiger partial charge is 0.0406 e. The zero-order valence-electron chi connectivity index (χ0n) is 13.1. The minimum absolute atomic E-state index is 0.766. The van der Waals surface area contributed by atoms with Crippen LogP contribution in [0.25, 0.3) is 0 Å². The summed E-state index contributed by atoms with van der Waals surface area (Å²) in [7, 11) is 0. The van der Waals surface area contributed by atoms with Crippen LogP contribution in [0.2, 0.25) is 10.0 Å². The van der Waals surface area contributed by atoms with Crippen LogP contribution in [-0.4, -0.2) is 10.7 Å². The van der Waals surface area contributed by atoms with Gasteiger partial charge in [0.2, 0.25) is 0 Å². The second-order valence-corrected chi connectivity index (χ2v) is 7.51. The van der Waals surface area contributed by atoms with Crippen LogP contribution in [0.15, 0.2) is 71.8 Å². The van der Waals surface area contributed by atoms with Gasteiger partial charge in [0.05, 0.1) is 0 Å². The van der Waals surface area contributed by atoms with Crippen molar-refractivity contribution in [1.29, 1.82) is 0 Å². The summed E-state index contributed by atoms with van der Waals surface area (Å²) in [6.45, 7) is 0. The Bertz CT molecular complexity index is 701. The molecule has 0 nitrogen and oxygen atoms in total. The van der Waals surface area contributed by atoms with Gasteiger partial charge in [-0.05, 0) is 53.8 Å². The minimum atomic E-state index is 0.766. The van der Waals surface area contributed by atoms with Gasteiger partial charge < -0.3 is 0 Å². The molecule has 0 aliphatic heterocycles. The third kappa shape index (κ3) is 6.40. The van der Waals surface area contributed by atoms with Crippen molar-refractivity contribution in [3.05, 3.63) is 93.0 Å². The molecule has 0 bridgehead atoms. The Kier molecular flexibility index (Phi) is 8.61. The van der Waals surface area contributed by atoms with Crippen LogP contribution in [-0.2, 0) is 12.8 Å². The number of hydrogen-bond acceptors (Lipinski definition) is 0. The van der Waals surface area contributed by atoms with Crippen molar-refractivity contribution in [2.24, 2.45) is 0 Å². The molecule has 2 aromatic rings. The van der Waals surface area contributed by atoms with Crippen LogP contribution in [0.4, 0.5) is 0 Å². The van der Waals surface area contributed by atoms with Gasteiger partial charge in [-0.1, -0.05) is 97.1 Å². The molecule has 0 spiro atoms. The summed E-state index contributed by atoms with van der Waals surface area (Å²) in [5.41, 5.74) is 5.20. The molecule has 126 valence electrons. The van der Waals surface area contributed by atoms with Crippen molar-refractivity contribution in [3.8, 4) is 0 Å². The van der Waals surface area contributed by atoms with Crippen LogP contribution in [0.5, 0.6) is 0 Å². The molecule has 2 rings (SSSR count). The van der Waals surface area contributed by atoms with Gasteiger partial charge in [0.1, 0.15) is 0 Å². The molecular weight excluding hydrogens is 471 g/mol. The lowest BCUT2D eigenvalue weighted by Crippen LogP contribution is -2.00. The van der Waals surface area contributed by atoms with Crippen LogP contribution >= 0.6 is 55.1 Å². The number of halogens is 4. The van der Waals surface area contributed by atoms with Crippen molar-refractivity contribution >= 4 is 55.1 Å². The van der Waals surface area contributed by atoms with Crippen molar-refractivity contribution < 1.29 is 0 Å². The maximum Gasteiger partial charge on any atom is 0.0406 e. The molecule has 0 fully saturated rings. The van der Waals surface area contributed by atoms with Gasteiger partial charge in [0.25, 0.3) is 0 Å². The fourth-order valence-electron chi connectivity index (χ4n) is 2.41. The molecule has 0 N–H and O–H groups in total. The van der Waals surface area contributed by atoms with E-state index < -0.39 is 0 Å². The molecule has 0 heterocycles. The lowest BCUT2D eigenvalue weighted by Gasteiger charge is -2.12. The zero-order chi connectivity index (χ0) is 17.4. The summed E-state index contributed by atoms with van der Waals surface area (Å²) in [6.07, 6.45) is 6.12. The molecule has 0 amide bonds. The van der Waals surface area contributed by atoms with E-state index in [9.17, 15) is 0 Å². The third-order valence-electron chi connectivity index (χ3n) is 3.66. The molecule has 0 unspecified atom stereocenters. The first-order valence-electron chi connectivity index (χ1n) is 7.60. The Morgan fingerprint density at radius 3 is 1.75 bits per heavy atom. The van der Waals surface area contributed by atoms with Crippen molar-refractivity contribution in [2.45, 2.75) is 12.8 Å². The van der Waals surface area contributed by atoms with Gasteiger partial charge in [-0.15, -0.1) is 0 Å². The van der Waals surface area contributed by atoms with Crippen LogP contribution in [0.1, 0.15) is 11.1 Å². The maximum absolute atomic E-state index is 5.99. The standard InChI is InChI=1S/C20H18Br2Cl2/c21-11-1-2-17(12-15-3-7-19(23)8-4-15)18(14-22)13-16-5-9-20(24)10-6-16/h1-10H,11-14H2/b2-1+,18-17-. The first-order chi connectivity index (χ1) is 11.6. The van der Waals surface area contributed by atoms with Gasteiger partial charge in [0, 0.05) is 20.7 Å². The summed E-state index contributed by atoms with van der Waals surface area (Å²) in [6, 6.07) is 16.1. The summed E-state index contributed by atoms with van der Waals surface area (Å²) in [5, 5.41) is 3.21. The number of hydrogen-bond donors (Lipinski definition) is 0. The normalized spacial score (nSPS) is 12.5. The van der Waals surface area contributed by atoms with Crippen LogP contribution < -0.4 is 0 Å². The van der Waals surface area contributed by atoms with Gasteiger partial charge in [-0.25, -0.2) is 0 Å². The molecular formula is C20H18Br2Cl2. The molecule has 2 aromatic carbocycles. The highest BCUT2D eigenvalue weighted by Crippen LogP contribution is 2.22. The lowest BCUT2D eigenvalue weighted by atomic mass is 9.96. The van der Waals surface area contributed by atoms with E-state index in [0.29, 0.717) is 0 Å². The number of allylic oxidation sites excluding steroid dienone is 4. The predicted octanol–water partition coefficient (Wildman–Crippen LogP) is 7.42. The Balaban J connectivity index is 2.29. The van der Waals surface area contributed by atoms with E-state index in [1.165, 1.54) is 22.3 Å². The Morgan fingerprint density at radius 1 is 0.792 bits per heavy atom. The number of rotatable bonds is 7. The minimum Gasteiger partial charge on any atom is -0.0883 e. The molecule has 0 aliphatic carbocycles. The second kappa shape index (κ2) is 10.5. The quantitative estimate of drug-likeness (QED) is 0.281. The fraction of sp³-hybridized carbons (Fsp3) is 0.200. The van der Waals surface area contributed by atoms with Gasteiger partial charge in [-0.3, -0.25) is 0 Å². The predicted molar refractivity (Wildman–Crippen MR) is 114 cm³/mol. The van der Waals surface area contributed by atoms with Gasteiger partial charge >= 0.3 is 0 Å². The van der Waals surface area contributed by atoms with E-state index in [1.807, 2.05) is 24.3 Å².